The van der Waals surface area contributed by atoms with Crippen molar-refractivity contribution in [2.45, 2.75) is 38.1 Å². The first kappa shape index (κ1) is 21.9. The number of amides is 1. The molecular weight excluding hydrogens is 447 g/mol. The van der Waals surface area contributed by atoms with Crippen LogP contribution in [0, 0.1) is 5.82 Å². The largest absolute Gasteiger partial charge is 0.336 e. The van der Waals surface area contributed by atoms with E-state index in [9.17, 15) is 14.0 Å². The zero-order chi connectivity index (χ0) is 23.9. The molecule has 0 atom stereocenters. The number of nitrogens with zero attached hydrogens (tertiary/aromatic N) is 5. The third-order valence-electron chi connectivity index (χ3n) is 7.43. The number of piperazine rings is 1. The lowest BCUT2D eigenvalue weighted by Gasteiger charge is -2.40. The minimum atomic E-state index is -0.452. The van der Waals surface area contributed by atoms with Crippen molar-refractivity contribution < 1.29 is 9.18 Å². The highest BCUT2D eigenvalue weighted by atomic mass is 19.1. The summed E-state index contributed by atoms with van der Waals surface area (Å²) in [6.45, 7) is 3.18. The average Bonchev–Trinajstić information content (AvgIpc) is 3.32. The number of carbonyl (C=O) groups excluding carboxylic acids is 1. The maximum atomic E-state index is 14.4. The van der Waals surface area contributed by atoms with Crippen molar-refractivity contribution >= 4 is 22.5 Å². The lowest BCUT2D eigenvalue weighted by atomic mass is 9.94. The van der Waals surface area contributed by atoms with E-state index < -0.39 is 11.4 Å². The summed E-state index contributed by atoms with van der Waals surface area (Å²) >= 11 is 0. The molecule has 9 heteroatoms. The number of aromatic amines is 1. The van der Waals surface area contributed by atoms with Gasteiger partial charge in [-0.25, -0.2) is 14.1 Å². The molecule has 4 aromatic rings. The molecule has 2 aromatic carbocycles. The van der Waals surface area contributed by atoms with Crippen molar-refractivity contribution in [3.8, 4) is 11.3 Å². The van der Waals surface area contributed by atoms with Gasteiger partial charge in [0.1, 0.15) is 11.5 Å². The van der Waals surface area contributed by atoms with Gasteiger partial charge in [-0.2, -0.15) is 10.1 Å². The van der Waals surface area contributed by atoms with Crippen LogP contribution in [0.1, 0.15) is 42.5 Å². The van der Waals surface area contributed by atoms with Crippen molar-refractivity contribution in [1.29, 1.82) is 0 Å². The van der Waals surface area contributed by atoms with Crippen LogP contribution in [0.3, 0.4) is 0 Å². The Kier molecular flexibility index (Phi) is 5.56. The number of hydrogen-bond acceptors (Lipinski definition) is 5. The number of carbonyl (C=O) groups is 1. The van der Waals surface area contributed by atoms with Crippen LogP contribution in [0.2, 0.25) is 0 Å². The van der Waals surface area contributed by atoms with Gasteiger partial charge in [-0.15, -0.1) is 0 Å². The van der Waals surface area contributed by atoms with E-state index in [1.54, 1.807) is 36.4 Å². The normalized spacial score (nSPS) is 17.9. The molecule has 1 aliphatic heterocycles. The Hall–Kier alpha value is -3.59. The van der Waals surface area contributed by atoms with E-state index in [1.165, 1.54) is 42.7 Å². The second-order valence-electron chi connectivity index (χ2n) is 9.47. The summed E-state index contributed by atoms with van der Waals surface area (Å²) in [7, 11) is 0. The Balaban J connectivity index is 1.31. The lowest BCUT2D eigenvalue weighted by molar-refractivity contribution is 0.0523. The van der Waals surface area contributed by atoms with Crippen molar-refractivity contribution in [2.75, 3.05) is 26.2 Å². The number of rotatable bonds is 3. The third kappa shape index (κ3) is 3.89. The summed E-state index contributed by atoms with van der Waals surface area (Å²) in [5.41, 5.74) is 1.27. The molecule has 1 saturated carbocycles. The first-order chi connectivity index (χ1) is 17.1. The summed E-state index contributed by atoms with van der Waals surface area (Å²) in [4.78, 5) is 34.7. The fourth-order valence-electron chi connectivity index (χ4n) is 5.51. The smallest absolute Gasteiger partial charge is 0.281 e. The first-order valence-electron chi connectivity index (χ1n) is 12.3. The number of H-pyrrole nitrogens is 1. The summed E-state index contributed by atoms with van der Waals surface area (Å²) in [6, 6.07) is 11.9. The van der Waals surface area contributed by atoms with Crippen LogP contribution in [0.5, 0.6) is 0 Å². The number of hydrogen-bond donors (Lipinski definition) is 1. The van der Waals surface area contributed by atoms with Crippen LogP contribution in [0.15, 0.2) is 47.3 Å². The van der Waals surface area contributed by atoms with Gasteiger partial charge in [0.05, 0.1) is 10.9 Å². The fourth-order valence-corrected chi connectivity index (χ4v) is 5.51. The van der Waals surface area contributed by atoms with Gasteiger partial charge in [-0.1, -0.05) is 31.4 Å². The Morgan fingerprint density at radius 3 is 2.54 bits per heavy atom. The van der Waals surface area contributed by atoms with Crippen LogP contribution in [0.4, 0.5) is 4.39 Å². The van der Waals surface area contributed by atoms with Gasteiger partial charge in [0.15, 0.2) is 5.65 Å². The standard InChI is InChI=1S/C26H27FN6O2/c27-21-9-5-4-8-19(21)23-24-28-25(34)20-11-10-17(16-22(20)33(24)30-29-23)26(35)32-14-12-31(13-15-32)18-6-2-1-3-7-18/h4-5,8-11,16,18,30H,1-3,6-7,12-15H2. The Bertz CT molecular complexity index is 1460. The highest BCUT2D eigenvalue weighted by Gasteiger charge is 2.28. The molecule has 180 valence electrons. The summed E-state index contributed by atoms with van der Waals surface area (Å²) in [6.07, 6.45) is 6.46. The molecule has 1 amide bonds. The van der Waals surface area contributed by atoms with Crippen molar-refractivity contribution in [3.05, 3.63) is 64.2 Å². The topological polar surface area (TPSA) is 86.6 Å². The minimum absolute atomic E-state index is 0.0537. The lowest BCUT2D eigenvalue weighted by Crippen LogP contribution is -2.52. The highest BCUT2D eigenvalue weighted by molar-refractivity contribution is 5.98. The van der Waals surface area contributed by atoms with Gasteiger partial charge < -0.3 is 4.90 Å². The van der Waals surface area contributed by atoms with Gasteiger partial charge in [0.2, 0.25) is 0 Å². The monoisotopic (exact) mass is 474 g/mol. The second-order valence-corrected chi connectivity index (χ2v) is 9.47. The van der Waals surface area contributed by atoms with E-state index in [4.69, 9.17) is 0 Å². The quantitative estimate of drug-likeness (QED) is 0.491. The molecule has 1 N–H and O–H groups in total. The summed E-state index contributed by atoms with van der Waals surface area (Å²) in [5.74, 6) is -0.505. The molecule has 2 aromatic heterocycles. The molecule has 35 heavy (non-hydrogen) atoms. The third-order valence-corrected chi connectivity index (χ3v) is 7.43. The number of nitrogens with one attached hydrogen (secondary N) is 1. The highest BCUT2D eigenvalue weighted by Crippen LogP contribution is 2.26. The molecule has 2 fully saturated rings. The first-order valence-corrected chi connectivity index (χ1v) is 12.3. The Labute approximate surface area is 201 Å². The summed E-state index contributed by atoms with van der Waals surface area (Å²) in [5, 5.41) is 7.44. The van der Waals surface area contributed by atoms with Crippen LogP contribution in [0.25, 0.3) is 27.8 Å². The molecule has 6 rings (SSSR count). The Morgan fingerprint density at radius 1 is 1.00 bits per heavy atom. The van der Waals surface area contributed by atoms with Gasteiger partial charge >= 0.3 is 0 Å². The Morgan fingerprint density at radius 2 is 1.77 bits per heavy atom. The van der Waals surface area contributed by atoms with E-state index in [1.807, 2.05) is 4.90 Å². The molecular formula is C26H27FN6O2. The zero-order valence-electron chi connectivity index (χ0n) is 19.4. The molecule has 0 spiro atoms. The fraction of sp³-hybridized carbons (Fsp3) is 0.385. The van der Waals surface area contributed by atoms with E-state index in [0.29, 0.717) is 35.6 Å². The number of fused-ring (bicyclic) bond motifs is 3. The molecule has 2 aliphatic rings. The number of benzene rings is 2. The molecule has 0 unspecified atom stereocenters. The number of halogens is 1. The average molecular weight is 475 g/mol. The van der Waals surface area contributed by atoms with Crippen LogP contribution in [-0.4, -0.2) is 67.7 Å². The van der Waals surface area contributed by atoms with Crippen LogP contribution < -0.4 is 5.56 Å². The number of aromatic nitrogens is 4. The van der Waals surface area contributed by atoms with E-state index in [2.05, 4.69) is 20.2 Å². The van der Waals surface area contributed by atoms with E-state index in [-0.39, 0.29) is 22.8 Å². The minimum Gasteiger partial charge on any atom is -0.336 e. The SMILES string of the molecule is O=C(c1ccc2c(=O)nc3c(-c4ccccc4F)n[nH]n3c2c1)N1CCN(C2CCCCC2)CC1. The molecule has 8 nitrogen and oxygen atoms in total. The summed E-state index contributed by atoms with van der Waals surface area (Å²) < 4.78 is 15.9. The van der Waals surface area contributed by atoms with Crippen molar-refractivity contribution in [3.63, 3.8) is 0 Å². The van der Waals surface area contributed by atoms with E-state index in [0.717, 1.165) is 13.1 Å². The molecule has 0 radical (unpaired) electrons. The maximum Gasteiger partial charge on any atom is 0.281 e. The van der Waals surface area contributed by atoms with Gasteiger partial charge in [-0.3, -0.25) is 14.5 Å². The molecule has 3 heterocycles. The van der Waals surface area contributed by atoms with E-state index >= 15 is 0 Å². The molecule has 1 saturated heterocycles. The predicted octanol–water partition coefficient (Wildman–Crippen LogP) is 3.47. The van der Waals surface area contributed by atoms with Gasteiger partial charge in [-0.05, 0) is 43.2 Å². The maximum absolute atomic E-state index is 14.4. The van der Waals surface area contributed by atoms with Crippen LogP contribution >= 0.6 is 0 Å². The molecule has 0 bridgehead atoms. The molecule has 1 aliphatic carbocycles. The van der Waals surface area contributed by atoms with Crippen molar-refractivity contribution in [2.24, 2.45) is 0 Å². The van der Waals surface area contributed by atoms with Crippen molar-refractivity contribution in [1.82, 2.24) is 29.6 Å². The zero-order valence-corrected chi connectivity index (χ0v) is 19.4. The van der Waals surface area contributed by atoms with Crippen LogP contribution in [-0.2, 0) is 0 Å². The van der Waals surface area contributed by atoms with Gasteiger partial charge in [0, 0.05) is 43.3 Å². The predicted molar refractivity (Wildman–Crippen MR) is 131 cm³/mol. The van der Waals surface area contributed by atoms with Gasteiger partial charge in [0.25, 0.3) is 11.5 Å². The second kappa shape index (κ2) is 8.88.